The molecular weight excluding hydrogens is 420 g/mol. The summed E-state index contributed by atoms with van der Waals surface area (Å²) in [6, 6.07) is 2.57. The zero-order valence-corrected chi connectivity index (χ0v) is 16.4. The molecule has 0 unspecified atom stereocenters. The highest BCUT2D eigenvalue weighted by molar-refractivity contribution is 5.78. The summed E-state index contributed by atoms with van der Waals surface area (Å²) in [5, 5.41) is 7.70. The molecule has 1 aliphatic rings. The van der Waals surface area contributed by atoms with Crippen LogP contribution in [0, 0.1) is 5.82 Å². The van der Waals surface area contributed by atoms with Crippen molar-refractivity contribution in [1.29, 1.82) is 0 Å². The van der Waals surface area contributed by atoms with Gasteiger partial charge in [0.1, 0.15) is 18.0 Å². The van der Waals surface area contributed by atoms with Crippen molar-refractivity contribution in [3.05, 3.63) is 47.6 Å². The minimum absolute atomic E-state index is 0.0139. The molecular formula is C19H18F4N6O2. The van der Waals surface area contributed by atoms with Crippen LogP contribution in [0.25, 0.3) is 11.4 Å². The molecule has 1 saturated heterocycles. The standard InChI is InChI=1S/C19H18F4N6O2/c1-28-15(24-10-25-28)9-16(30)29-6-4-11(5-7-29)18-26-17(27-31-18)12-2-3-14(20)13(8-12)19(21,22)23/h2-3,8,10-11H,4-7,9H2,1H3. The van der Waals surface area contributed by atoms with E-state index in [1.54, 1.807) is 16.6 Å². The second-order valence-corrected chi connectivity index (χ2v) is 7.28. The number of benzene rings is 1. The average Bonchev–Trinajstić information content (AvgIpc) is 3.37. The Balaban J connectivity index is 1.41. The fraction of sp³-hybridized carbons (Fsp3) is 0.421. The lowest BCUT2D eigenvalue weighted by Crippen LogP contribution is -2.39. The number of hydrogen-bond donors (Lipinski definition) is 0. The SMILES string of the molecule is Cn1ncnc1CC(=O)N1CCC(c2nc(-c3ccc(F)c(C(F)(F)F)c3)no2)CC1. The van der Waals surface area contributed by atoms with Gasteiger partial charge in [-0.15, -0.1) is 0 Å². The van der Waals surface area contributed by atoms with Gasteiger partial charge in [0.15, 0.2) is 0 Å². The van der Waals surface area contributed by atoms with Gasteiger partial charge in [-0.05, 0) is 31.0 Å². The summed E-state index contributed by atoms with van der Waals surface area (Å²) in [4.78, 5) is 22.4. The molecule has 31 heavy (non-hydrogen) atoms. The van der Waals surface area contributed by atoms with Gasteiger partial charge in [0.2, 0.25) is 17.6 Å². The van der Waals surface area contributed by atoms with Crippen molar-refractivity contribution in [1.82, 2.24) is 29.8 Å². The summed E-state index contributed by atoms with van der Waals surface area (Å²) in [7, 11) is 1.72. The predicted molar refractivity (Wildman–Crippen MR) is 98.0 cm³/mol. The van der Waals surface area contributed by atoms with Crippen LogP contribution in [0.1, 0.15) is 36.0 Å². The third-order valence-corrected chi connectivity index (χ3v) is 5.28. The van der Waals surface area contributed by atoms with Crippen LogP contribution >= 0.6 is 0 Å². The van der Waals surface area contributed by atoms with Gasteiger partial charge in [-0.1, -0.05) is 5.16 Å². The second-order valence-electron chi connectivity index (χ2n) is 7.28. The van der Waals surface area contributed by atoms with Crippen molar-refractivity contribution in [2.24, 2.45) is 7.05 Å². The van der Waals surface area contributed by atoms with Gasteiger partial charge in [0.25, 0.3) is 0 Å². The van der Waals surface area contributed by atoms with E-state index >= 15 is 0 Å². The molecule has 0 aliphatic carbocycles. The van der Waals surface area contributed by atoms with Gasteiger partial charge in [-0.2, -0.15) is 23.3 Å². The summed E-state index contributed by atoms with van der Waals surface area (Å²) < 4.78 is 59.1. The molecule has 3 heterocycles. The molecule has 3 aromatic rings. The van der Waals surface area contributed by atoms with Gasteiger partial charge >= 0.3 is 6.18 Å². The molecule has 12 heteroatoms. The highest BCUT2D eigenvalue weighted by Crippen LogP contribution is 2.34. The topological polar surface area (TPSA) is 89.9 Å². The van der Waals surface area contributed by atoms with E-state index in [0.29, 0.717) is 37.8 Å². The number of nitrogens with zero attached hydrogens (tertiary/aromatic N) is 6. The number of alkyl halides is 3. The van der Waals surface area contributed by atoms with Gasteiger partial charge in [0.05, 0.1) is 12.0 Å². The largest absolute Gasteiger partial charge is 0.419 e. The number of piperidine rings is 1. The van der Waals surface area contributed by atoms with E-state index in [0.717, 1.165) is 6.07 Å². The quantitative estimate of drug-likeness (QED) is 0.582. The van der Waals surface area contributed by atoms with Crippen molar-refractivity contribution in [2.75, 3.05) is 13.1 Å². The van der Waals surface area contributed by atoms with E-state index in [1.807, 2.05) is 0 Å². The van der Waals surface area contributed by atoms with Gasteiger partial charge < -0.3 is 9.42 Å². The monoisotopic (exact) mass is 438 g/mol. The van der Waals surface area contributed by atoms with E-state index < -0.39 is 17.6 Å². The van der Waals surface area contributed by atoms with Crippen molar-refractivity contribution in [3.63, 3.8) is 0 Å². The first-order valence-corrected chi connectivity index (χ1v) is 9.53. The number of rotatable bonds is 4. The van der Waals surface area contributed by atoms with Gasteiger partial charge in [-0.25, -0.2) is 9.37 Å². The Kier molecular flexibility index (Phi) is 5.46. The normalized spacial score (nSPS) is 15.5. The van der Waals surface area contributed by atoms with E-state index in [9.17, 15) is 22.4 Å². The Morgan fingerprint density at radius 1 is 1.26 bits per heavy atom. The minimum atomic E-state index is -4.82. The lowest BCUT2D eigenvalue weighted by Gasteiger charge is -2.30. The maximum absolute atomic E-state index is 13.5. The fourth-order valence-corrected chi connectivity index (χ4v) is 3.50. The smallest absolute Gasteiger partial charge is 0.342 e. The number of aromatic nitrogens is 5. The molecule has 4 rings (SSSR count). The zero-order valence-electron chi connectivity index (χ0n) is 16.4. The summed E-state index contributed by atoms with van der Waals surface area (Å²) >= 11 is 0. The number of aryl methyl sites for hydroxylation is 1. The van der Waals surface area contributed by atoms with Crippen molar-refractivity contribution >= 4 is 5.91 Å². The van der Waals surface area contributed by atoms with Crippen molar-refractivity contribution in [2.45, 2.75) is 31.4 Å². The maximum Gasteiger partial charge on any atom is 0.419 e. The van der Waals surface area contributed by atoms with Crippen LogP contribution in [0.2, 0.25) is 0 Å². The van der Waals surface area contributed by atoms with Crippen LogP contribution in [0.5, 0.6) is 0 Å². The van der Waals surface area contributed by atoms with Gasteiger partial charge in [-0.3, -0.25) is 9.48 Å². The first-order chi connectivity index (χ1) is 14.7. The Labute approximate surface area is 173 Å². The summed E-state index contributed by atoms with van der Waals surface area (Å²) in [6.45, 7) is 0.960. The first kappa shape index (κ1) is 20.9. The minimum Gasteiger partial charge on any atom is -0.342 e. The molecule has 1 amide bonds. The van der Waals surface area contributed by atoms with Crippen LogP contribution in [0.4, 0.5) is 17.6 Å². The second kappa shape index (κ2) is 8.08. The molecule has 1 aromatic carbocycles. The average molecular weight is 438 g/mol. The molecule has 8 nitrogen and oxygen atoms in total. The Morgan fingerprint density at radius 3 is 2.65 bits per heavy atom. The van der Waals surface area contributed by atoms with Crippen LogP contribution in [0.15, 0.2) is 29.0 Å². The van der Waals surface area contributed by atoms with E-state index in [4.69, 9.17) is 4.52 Å². The summed E-state index contributed by atoms with van der Waals surface area (Å²) in [5.41, 5.74) is -1.37. The molecule has 1 fully saturated rings. The van der Waals surface area contributed by atoms with Gasteiger partial charge in [0, 0.05) is 31.6 Å². The predicted octanol–water partition coefficient (Wildman–Crippen LogP) is 2.97. The van der Waals surface area contributed by atoms with Crippen LogP contribution < -0.4 is 0 Å². The maximum atomic E-state index is 13.5. The van der Waals surface area contributed by atoms with Crippen LogP contribution in [-0.2, 0) is 24.4 Å². The lowest BCUT2D eigenvalue weighted by atomic mass is 9.96. The lowest BCUT2D eigenvalue weighted by molar-refractivity contribution is -0.140. The number of amides is 1. The summed E-state index contributed by atoms with van der Waals surface area (Å²) in [5.74, 6) is -0.728. The third-order valence-electron chi connectivity index (χ3n) is 5.28. The van der Waals surface area contributed by atoms with Crippen LogP contribution in [0.3, 0.4) is 0 Å². The van der Waals surface area contributed by atoms with E-state index in [-0.39, 0.29) is 35.5 Å². The number of likely N-dealkylation sites (tertiary alicyclic amines) is 1. The number of carbonyl (C=O) groups is 1. The molecule has 2 aromatic heterocycles. The number of halogens is 4. The Morgan fingerprint density at radius 2 is 2.00 bits per heavy atom. The highest BCUT2D eigenvalue weighted by Gasteiger charge is 2.35. The molecule has 0 bridgehead atoms. The zero-order chi connectivity index (χ0) is 22.2. The first-order valence-electron chi connectivity index (χ1n) is 9.53. The molecule has 0 saturated carbocycles. The summed E-state index contributed by atoms with van der Waals surface area (Å²) in [6.07, 6.45) is -2.14. The number of carbonyl (C=O) groups excluding carboxylic acids is 1. The Hall–Kier alpha value is -3.31. The molecule has 0 spiro atoms. The Bertz CT molecular complexity index is 1090. The molecule has 0 radical (unpaired) electrons. The van der Waals surface area contributed by atoms with E-state index in [2.05, 4.69) is 20.2 Å². The van der Waals surface area contributed by atoms with E-state index in [1.165, 1.54) is 12.4 Å². The number of hydrogen-bond acceptors (Lipinski definition) is 6. The molecule has 1 aliphatic heterocycles. The highest BCUT2D eigenvalue weighted by atomic mass is 19.4. The molecule has 0 N–H and O–H groups in total. The van der Waals surface area contributed by atoms with Crippen molar-refractivity contribution < 1.29 is 26.9 Å². The van der Waals surface area contributed by atoms with Crippen molar-refractivity contribution in [3.8, 4) is 11.4 Å². The fourth-order valence-electron chi connectivity index (χ4n) is 3.50. The molecule has 164 valence electrons. The molecule has 0 atom stereocenters. The third kappa shape index (κ3) is 4.42. The van der Waals surface area contributed by atoms with Crippen LogP contribution in [-0.4, -0.2) is 48.8 Å².